The molecule has 2 N–H and O–H groups in total. The molecule has 0 amide bonds. The number of methoxy groups -OCH3 is 1. The maximum Gasteiger partial charge on any atom is 0.341 e. The van der Waals surface area contributed by atoms with Crippen LogP contribution in [0.25, 0.3) is 0 Å². The summed E-state index contributed by atoms with van der Waals surface area (Å²) < 4.78 is 4.96. The Hall–Kier alpha value is -2.11. The van der Waals surface area contributed by atoms with Gasteiger partial charge in [0.05, 0.1) is 7.11 Å². The minimum Gasteiger partial charge on any atom is -0.465 e. The van der Waals surface area contributed by atoms with E-state index in [0.29, 0.717) is 11.4 Å². The number of carbonyl (C=O) groups excluding carboxylic acids is 1. The van der Waals surface area contributed by atoms with Gasteiger partial charge in [0, 0.05) is 18.4 Å². The summed E-state index contributed by atoms with van der Waals surface area (Å²) in [6, 6.07) is 7.98. The fourth-order valence-electron chi connectivity index (χ4n) is 2.65. The number of nitrogens with zero attached hydrogens (tertiary/aromatic N) is 1. The standard InChI is InChI=1S/C17H19N3O2.ClH/c1-11-3-5-13(6-4-11)20-16-15(17(21)22-2)14-7-8-18-9-12(14)10-19-16;/h3-6,10,18H,7-9H2,1-2H3,(H,19,20);1H. The first kappa shape index (κ1) is 17.2. The minimum atomic E-state index is -0.346. The van der Waals surface area contributed by atoms with Crippen LogP contribution in [0.5, 0.6) is 0 Å². The summed E-state index contributed by atoms with van der Waals surface area (Å²) in [5, 5.41) is 6.52. The van der Waals surface area contributed by atoms with Crippen LogP contribution >= 0.6 is 12.4 Å². The molecule has 0 aliphatic carbocycles. The van der Waals surface area contributed by atoms with Crippen LogP contribution in [0.1, 0.15) is 27.0 Å². The van der Waals surface area contributed by atoms with E-state index in [-0.39, 0.29) is 18.4 Å². The lowest BCUT2D eigenvalue weighted by Gasteiger charge is -2.21. The van der Waals surface area contributed by atoms with Crippen LogP contribution in [0.15, 0.2) is 30.5 Å². The lowest BCUT2D eigenvalue weighted by atomic mass is 9.97. The summed E-state index contributed by atoms with van der Waals surface area (Å²) in [6.45, 7) is 3.62. The van der Waals surface area contributed by atoms with E-state index in [1.807, 2.05) is 37.4 Å². The molecule has 0 saturated heterocycles. The molecule has 0 radical (unpaired) electrons. The molecule has 0 fully saturated rings. The van der Waals surface area contributed by atoms with Crippen molar-refractivity contribution in [1.82, 2.24) is 10.3 Å². The highest BCUT2D eigenvalue weighted by atomic mass is 35.5. The summed E-state index contributed by atoms with van der Waals surface area (Å²) in [7, 11) is 1.40. The quantitative estimate of drug-likeness (QED) is 0.845. The van der Waals surface area contributed by atoms with Crippen LogP contribution in [0.2, 0.25) is 0 Å². The molecule has 0 saturated carbocycles. The van der Waals surface area contributed by atoms with Crippen molar-refractivity contribution in [1.29, 1.82) is 0 Å². The number of aryl methyl sites for hydroxylation is 1. The first-order valence-corrected chi connectivity index (χ1v) is 7.32. The highest BCUT2D eigenvalue weighted by molar-refractivity contribution is 5.97. The summed E-state index contributed by atoms with van der Waals surface area (Å²) >= 11 is 0. The van der Waals surface area contributed by atoms with Crippen molar-refractivity contribution in [3.05, 3.63) is 52.7 Å². The monoisotopic (exact) mass is 333 g/mol. The third-order valence-electron chi connectivity index (χ3n) is 3.85. The van der Waals surface area contributed by atoms with Crippen LogP contribution in [0.3, 0.4) is 0 Å². The number of hydrogen-bond acceptors (Lipinski definition) is 5. The molecule has 1 aromatic carbocycles. The van der Waals surface area contributed by atoms with Gasteiger partial charge in [-0.15, -0.1) is 12.4 Å². The van der Waals surface area contributed by atoms with E-state index in [1.165, 1.54) is 12.7 Å². The lowest BCUT2D eigenvalue weighted by molar-refractivity contribution is 0.0600. The van der Waals surface area contributed by atoms with Crippen LogP contribution in [-0.2, 0) is 17.7 Å². The lowest BCUT2D eigenvalue weighted by Crippen LogP contribution is -2.26. The maximum absolute atomic E-state index is 12.2. The zero-order valence-corrected chi connectivity index (χ0v) is 14.0. The van der Waals surface area contributed by atoms with Gasteiger partial charge in [-0.3, -0.25) is 0 Å². The van der Waals surface area contributed by atoms with Gasteiger partial charge in [0.2, 0.25) is 0 Å². The van der Waals surface area contributed by atoms with Gasteiger partial charge in [-0.2, -0.15) is 0 Å². The van der Waals surface area contributed by atoms with Crippen LogP contribution in [0, 0.1) is 6.92 Å². The Balaban J connectivity index is 0.00000192. The Morgan fingerprint density at radius 1 is 1.30 bits per heavy atom. The predicted molar refractivity (Wildman–Crippen MR) is 92.7 cm³/mol. The number of anilines is 2. The molecule has 6 heteroatoms. The van der Waals surface area contributed by atoms with E-state index < -0.39 is 0 Å². The molecule has 1 aliphatic rings. The zero-order valence-electron chi connectivity index (χ0n) is 13.2. The van der Waals surface area contributed by atoms with Crippen LogP contribution < -0.4 is 10.6 Å². The molecular weight excluding hydrogens is 314 g/mol. The highest BCUT2D eigenvalue weighted by Gasteiger charge is 2.23. The molecule has 1 aromatic heterocycles. The number of pyridine rings is 1. The molecule has 0 unspecified atom stereocenters. The summed E-state index contributed by atoms with van der Waals surface area (Å²) in [6.07, 6.45) is 2.62. The third-order valence-corrected chi connectivity index (χ3v) is 3.85. The van der Waals surface area contributed by atoms with Gasteiger partial charge in [-0.25, -0.2) is 9.78 Å². The van der Waals surface area contributed by atoms with Crippen molar-refractivity contribution in [3.63, 3.8) is 0 Å². The number of fused-ring (bicyclic) bond motifs is 1. The van der Waals surface area contributed by atoms with Crippen molar-refractivity contribution in [2.45, 2.75) is 19.9 Å². The van der Waals surface area contributed by atoms with Crippen LogP contribution in [-0.4, -0.2) is 24.6 Å². The van der Waals surface area contributed by atoms with E-state index in [0.717, 1.165) is 36.3 Å². The average molecular weight is 334 g/mol. The highest BCUT2D eigenvalue weighted by Crippen LogP contribution is 2.27. The zero-order chi connectivity index (χ0) is 15.5. The molecule has 1 aliphatic heterocycles. The van der Waals surface area contributed by atoms with E-state index in [2.05, 4.69) is 15.6 Å². The number of halogens is 1. The van der Waals surface area contributed by atoms with Crippen molar-refractivity contribution in [3.8, 4) is 0 Å². The fourth-order valence-corrected chi connectivity index (χ4v) is 2.65. The minimum absolute atomic E-state index is 0. The van der Waals surface area contributed by atoms with Gasteiger partial charge in [0.25, 0.3) is 0 Å². The summed E-state index contributed by atoms with van der Waals surface area (Å²) in [5.41, 5.74) is 4.71. The first-order valence-electron chi connectivity index (χ1n) is 7.32. The SMILES string of the molecule is COC(=O)c1c(Nc2ccc(C)cc2)ncc2c1CCNC2.Cl. The Morgan fingerprint density at radius 2 is 2.04 bits per heavy atom. The fraction of sp³-hybridized carbons (Fsp3) is 0.294. The van der Waals surface area contributed by atoms with Gasteiger partial charge in [0.1, 0.15) is 11.4 Å². The van der Waals surface area contributed by atoms with Crippen molar-refractivity contribution in [2.75, 3.05) is 19.0 Å². The molecular formula is C17H20ClN3O2. The Bertz CT molecular complexity index is 702. The maximum atomic E-state index is 12.2. The number of carbonyl (C=O) groups is 1. The second-order valence-corrected chi connectivity index (χ2v) is 5.39. The Labute approximate surface area is 141 Å². The van der Waals surface area contributed by atoms with Gasteiger partial charge in [-0.05, 0) is 43.1 Å². The number of hydrogen-bond donors (Lipinski definition) is 2. The Morgan fingerprint density at radius 3 is 2.74 bits per heavy atom. The second kappa shape index (κ2) is 7.44. The van der Waals surface area contributed by atoms with Gasteiger partial charge in [-0.1, -0.05) is 17.7 Å². The molecule has 3 rings (SSSR count). The van der Waals surface area contributed by atoms with Crippen molar-refractivity contribution >= 4 is 29.9 Å². The normalized spacial score (nSPS) is 12.8. The number of nitrogens with one attached hydrogen (secondary N) is 2. The van der Waals surface area contributed by atoms with Crippen molar-refractivity contribution < 1.29 is 9.53 Å². The molecule has 23 heavy (non-hydrogen) atoms. The predicted octanol–water partition coefficient (Wildman–Crippen LogP) is 2.99. The average Bonchev–Trinajstić information content (AvgIpc) is 2.56. The molecule has 0 spiro atoms. The smallest absolute Gasteiger partial charge is 0.341 e. The summed E-state index contributed by atoms with van der Waals surface area (Å²) in [4.78, 5) is 16.7. The van der Waals surface area contributed by atoms with Crippen LogP contribution in [0.4, 0.5) is 11.5 Å². The Kier molecular flexibility index (Phi) is 5.58. The largest absolute Gasteiger partial charge is 0.465 e. The van der Waals surface area contributed by atoms with Crippen molar-refractivity contribution in [2.24, 2.45) is 0 Å². The molecule has 5 nitrogen and oxygen atoms in total. The number of aromatic nitrogens is 1. The second-order valence-electron chi connectivity index (χ2n) is 5.39. The molecule has 2 aromatic rings. The van der Waals surface area contributed by atoms with Gasteiger partial charge in [0.15, 0.2) is 0 Å². The summed E-state index contributed by atoms with van der Waals surface area (Å²) in [5.74, 6) is 0.206. The first-order chi connectivity index (χ1) is 10.7. The van der Waals surface area contributed by atoms with E-state index in [4.69, 9.17) is 4.74 Å². The number of rotatable bonds is 3. The van der Waals surface area contributed by atoms with Gasteiger partial charge >= 0.3 is 5.97 Å². The van der Waals surface area contributed by atoms with E-state index >= 15 is 0 Å². The molecule has 122 valence electrons. The van der Waals surface area contributed by atoms with E-state index in [1.54, 1.807) is 0 Å². The topological polar surface area (TPSA) is 63.2 Å². The molecule has 0 bridgehead atoms. The number of esters is 1. The van der Waals surface area contributed by atoms with E-state index in [9.17, 15) is 4.79 Å². The molecule has 2 heterocycles. The molecule has 0 atom stereocenters. The third kappa shape index (κ3) is 3.63. The number of ether oxygens (including phenoxy) is 1. The number of benzene rings is 1. The van der Waals surface area contributed by atoms with Gasteiger partial charge < -0.3 is 15.4 Å².